The Bertz CT molecular complexity index is 763. The van der Waals surface area contributed by atoms with Crippen LogP contribution in [-0.2, 0) is 11.2 Å². The topological polar surface area (TPSA) is 92.7 Å². The molecule has 0 spiro atoms. The molecule has 0 aliphatic carbocycles. The molecule has 2 heterocycles. The van der Waals surface area contributed by atoms with Gasteiger partial charge < -0.3 is 5.32 Å². The molecule has 0 aliphatic rings. The second-order valence-electron chi connectivity index (χ2n) is 5.00. The number of alkyl halides is 1. The van der Waals surface area contributed by atoms with E-state index < -0.39 is 5.38 Å². The van der Waals surface area contributed by atoms with E-state index >= 15 is 0 Å². The normalized spacial score (nSPS) is 12.2. The predicted molar refractivity (Wildman–Crippen MR) is 84.8 cm³/mol. The molecule has 7 nitrogen and oxygen atoms in total. The molecule has 8 heteroatoms. The van der Waals surface area contributed by atoms with Crippen molar-refractivity contribution in [2.45, 2.75) is 39.5 Å². The van der Waals surface area contributed by atoms with Gasteiger partial charge in [-0.15, -0.1) is 11.6 Å². The van der Waals surface area contributed by atoms with Crippen molar-refractivity contribution in [1.82, 2.24) is 19.7 Å². The number of anilines is 1. The average Bonchev–Trinajstić information content (AvgIpc) is 2.79. The zero-order valence-corrected chi connectivity index (χ0v) is 13.7. The summed E-state index contributed by atoms with van der Waals surface area (Å²) in [6.07, 6.45) is 0.597. The van der Waals surface area contributed by atoms with Crippen molar-refractivity contribution in [3.05, 3.63) is 33.4 Å². The molecule has 2 aromatic heterocycles. The molecule has 118 valence electrons. The maximum atomic E-state index is 12.1. The van der Waals surface area contributed by atoms with Crippen LogP contribution in [-0.4, -0.2) is 31.0 Å². The minimum atomic E-state index is -0.681. The zero-order chi connectivity index (χ0) is 16.4. The van der Waals surface area contributed by atoms with Gasteiger partial charge in [0.1, 0.15) is 11.2 Å². The molecule has 0 radical (unpaired) electrons. The number of carbonyl (C=O) groups is 1. The zero-order valence-electron chi connectivity index (χ0n) is 12.9. The lowest BCUT2D eigenvalue weighted by Crippen LogP contribution is -2.24. The van der Waals surface area contributed by atoms with E-state index in [9.17, 15) is 9.59 Å². The molecular weight excluding hydrogens is 306 g/mol. The summed E-state index contributed by atoms with van der Waals surface area (Å²) >= 11 is 5.76. The minimum absolute atomic E-state index is 0.207. The number of aryl methyl sites for hydroxylation is 2. The summed E-state index contributed by atoms with van der Waals surface area (Å²) in [5.74, 6) is 0.305. The Morgan fingerprint density at radius 2 is 2.18 bits per heavy atom. The van der Waals surface area contributed by atoms with Crippen molar-refractivity contribution in [2.75, 3.05) is 5.32 Å². The third-order valence-electron chi connectivity index (χ3n) is 3.21. The summed E-state index contributed by atoms with van der Waals surface area (Å²) in [5, 5.41) is 6.24. The fraction of sp³-hybridized carbons (Fsp3) is 0.429. The third kappa shape index (κ3) is 3.19. The maximum absolute atomic E-state index is 12.1. The van der Waals surface area contributed by atoms with E-state index in [0.29, 0.717) is 29.2 Å². The van der Waals surface area contributed by atoms with Crippen LogP contribution >= 0.6 is 11.6 Å². The van der Waals surface area contributed by atoms with Crippen molar-refractivity contribution in [2.24, 2.45) is 0 Å². The maximum Gasteiger partial charge on any atom is 0.255 e. The smallest absolute Gasteiger partial charge is 0.255 e. The van der Waals surface area contributed by atoms with E-state index in [2.05, 4.69) is 20.4 Å². The van der Waals surface area contributed by atoms with Crippen LogP contribution < -0.4 is 10.9 Å². The van der Waals surface area contributed by atoms with Gasteiger partial charge >= 0.3 is 0 Å². The van der Waals surface area contributed by atoms with E-state index in [1.165, 1.54) is 4.68 Å². The molecule has 0 fully saturated rings. The van der Waals surface area contributed by atoms with Crippen LogP contribution in [0.3, 0.4) is 0 Å². The Morgan fingerprint density at radius 1 is 1.50 bits per heavy atom. The van der Waals surface area contributed by atoms with Crippen LogP contribution in [0.15, 0.2) is 10.9 Å². The van der Waals surface area contributed by atoms with Gasteiger partial charge in [-0.1, -0.05) is 6.92 Å². The number of aromatic amines is 1. The van der Waals surface area contributed by atoms with Crippen LogP contribution in [0.5, 0.6) is 0 Å². The number of hydrogen-bond acceptors (Lipinski definition) is 4. The van der Waals surface area contributed by atoms with Gasteiger partial charge in [0.05, 0.1) is 5.69 Å². The molecule has 0 aliphatic heterocycles. The lowest BCUT2D eigenvalue weighted by atomic mass is 10.2. The molecule has 22 heavy (non-hydrogen) atoms. The van der Waals surface area contributed by atoms with Crippen LogP contribution in [0.25, 0.3) is 5.95 Å². The number of carbonyl (C=O) groups excluding carboxylic acids is 1. The number of amides is 1. The van der Waals surface area contributed by atoms with Gasteiger partial charge in [-0.2, -0.15) is 9.78 Å². The molecule has 2 aromatic rings. The molecule has 1 amide bonds. The molecule has 1 atom stereocenters. The SMILES string of the molecule is CCc1c(C)nc(-n2nc(C)cc2NC(=O)C(C)Cl)[nH]c1=O. The van der Waals surface area contributed by atoms with Gasteiger partial charge in [-0.3, -0.25) is 14.6 Å². The Hall–Kier alpha value is -2.15. The van der Waals surface area contributed by atoms with Crippen molar-refractivity contribution in [1.29, 1.82) is 0 Å². The number of hydrogen-bond donors (Lipinski definition) is 2. The lowest BCUT2D eigenvalue weighted by molar-refractivity contribution is -0.115. The lowest BCUT2D eigenvalue weighted by Gasteiger charge is -2.10. The molecule has 0 bridgehead atoms. The highest BCUT2D eigenvalue weighted by Gasteiger charge is 2.16. The van der Waals surface area contributed by atoms with Crippen LogP contribution in [0, 0.1) is 13.8 Å². The van der Waals surface area contributed by atoms with E-state index in [0.717, 1.165) is 0 Å². The monoisotopic (exact) mass is 323 g/mol. The first-order valence-electron chi connectivity index (χ1n) is 6.95. The Kier molecular flexibility index (Phi) is 4.65. The van der Waals surface area contributed by atoms with E-state index in [1.54, 1.807) is 26.8 Å². The molecule has 0 aromatic carbocycles. The number of H-pyrrole nitrogens is 1. The van der Waals surface area contributed by atoms with Crippen molar-refractivity contribution in [3.8, 4) is 5.95 Å². The van der Waals surface area contributed by atoms with Gasteiger partial charge in [-0.05, 0) is 27.2 Å². The molecule has 2 rings (SSSR count). The Labute approximate surface area is 132 Å². The standard InChI is InChI=1S/C14H18ClN5O2/c1-5-10-9(4)16-14(18-13(10)22)20-11(6-7(2)19-20)17-12(21)8(3)15/h6,8H,5H2,1-4H3,(H,17,21)(H,16,18,22). The fourth-order valence-corrected chi connectivity index (χ4v) is 2.14. The summed E-state index contributed by atoms with van der Waals surface area (Å²) in [5.41, 5.74) is 1.74. The summed E-state index contributed by atoms with van der Waals surface area (Å²) in [6, 6.07) is 1.68. The molecular formula is C14H18ClN5O2. The predicted octanol–water partition coefficient (Wildman–Crippen LogP) is 1.70. The molecule has 0 saturated carbocycles. The number of rotatable bonds is 4. The number of aromatic nitrogens is 4. The minimum Gasteiger partial charge on any atom is -0.309 e. The highest BCUT2D eigenvalue weighted by atomic mass is 35.5. The van der Waals surface area contributed by atoms with Gasteiger partial charge in [0, 0.05) is 17.3 Å². The van der Waals surface area contributed by atoms with Crippen molar-refractivity contribution >= 4 is 23.3 Å². The molecule has 2 N–H and O–H groups in total. The number of nitrogens with zero attached hydrogens (tertiary/aromatic N) is 3. The third-order valence-corrected chi connectivity index (χ3v) is 3.41. The largest absolute Gasteiger partial charge is 0.309 e. The van der Waals surface area contributed by atoms with Gasteiger partial charge in [0.2, 0.25) is 11.9 Å². The first kappa shape index (κ1) is 16.2. The first-order chi connectivity index (χ1) is 10.3. The van der Waals surface area contributed by atoms with Crippen LogP contribution in [0.4, 0.5) is 5.82 Å². The number of halogens is 1. The second kappa shape index (κ2) is 6.31. The van der Waals surface area contributed by atoms with E-state index in [-0.39, 0.29) is 17.4 Å². The average molecular weight is 324 g/mol. The summed E-state index contributed by atoms with van der Waals surface area (Å²) in [6.45, 7) is 7.02. The first-order valence-corrected chi connectivity index (χ1v) is 7.38. The second-order valence-corrected chi connectivity index (χ2v) is 5.65. The van der Waals surface area contributed by atoms with Gasteiger partial charge in [-0.25, -0.2) is 4.98 Å². The van der Waals surface area contributed by atoms with Crippen molar-refractivity contribution < 1.29 is 4.79 Å². The number of nitrogens with one attached hydrogen (secondary N) is 2. The van der Waals surface area contributed by atoms with Gasteiger partial charge in [0.15, 0.2) is 0 Å². The Morgan fingerprint density at radius 3 is 2.73 bits per heavy atom. The summed E-state index contributed by atoms with van der Waals surface area (Å²) in [4.78, 5) is 30.9. The molecule has 0 saturated heterocycles. The summed E-state index contributed by atoms with van der Waals surface area (Å²) in [7, 11) is 0. The molecule has 1 unspecified atom stereocenters. The van der Waals surface area contributed by atoms with Crippen LogP contribution in [0.2, 0.25) is 0 Å². The highest BCUT2D eigenvalue weighted by Crippen LogP contribution is 2.15. The summed E-state index contributed by atoms with van der Waals surface area (Å²) < 4.78 is 1.39. The van der Waals surface area contributed by atoms with Crippen LogP contribution in [0.1, 0.15) is 30.8 Å². The fourth-order valence-electron chi connectivity index (χ4n) is 2.09. The van der Waals surface area contributed by atoms with E-state index in [1.807, 2.05) is 6.92 Å². The van der Waals surface area contributed by atoms with Gasteiger partial charge in [0.25, 0.3) is 5.56 Å². The Balaban J connectivity index is 2.50. The van der Waals surface area contributed by atoms with E-state index in [4.69, 9.17) is 11.6 Å². The quantitative estimate of drug-likeness (QED) is 0.838. The highest BCUT2D eigenvalue weighted by molar-refractivity contribution is 6.32. The van der Waals surface area contributed by atoms with Crippen molar-refractivity contribution in [3.63, 3.8) is 0 Å².